The van der Waals surface area contributed by atoms with Gasteiger partial charge in [-0.2, -0.15) is 0 Å². The summed E-state index contributed by atoms with van der Waals surface area (Å²) < 4.78 is 0. The Kier molecular flexibility index (Phi) is 4.26. The van der Waals surface area contributed by atoms with Crippen LogP contribution in [0.5, 0.6) is 0 Å². The summed E-state index contributed by atoms with van der Waals surface area (Å²) in [5.41, 5.74) is 0.822. The lowest BCUT2D eigenvalue weighted by Gasteiger charge is -2.23. The number of para-hydroxylation sites is 1. The van der Waals surface area contributed by atoms with Crippen molar-refractivity contribution in [2.24, 2.45) is 0 Å². The minimum atomic E-state index is -0.372. The topological polar surface area (TPSA) is 58.2 Å². The molecule has 6 heteroatoms. The number of amides is 2. The van der Waals surface area contributed by atoms with E-state index in [4.69, 9.17) is 0 Å². The molecule has 2 heterocycles. The van der Waals surface area contributed by atoms with E-state index in [-0.39, 0.29) is 23.5 Å². The van der Waals surface area contributed by atoms with Crippen molar-refractivity contribution in [3.8, 4) is 0 Å². The first-order valence-electron chi connectivity index (χ1n) is 6.58. The quantitative estimate of drug-likeness (QED) is 0.911. The van der Waals surface area contributed by atoms with Gasteiger partial charge in [0.05, 0.1) is 17.5 Å². The zero-order valence-corrected chi connectivity index (χ0v) is 12.8. The van der Waals surface area contributed by atoms with Gasteiger partial charge in [-0.15, -0.1) is 23.1 Å². The van der Waals surface area contributed by atoms with Crippen LogP contribution in [0.2, 0.25) is 0 Å². The second-order valence-electron chi connectivity index (χ2n) is 4.65. The Labute approximate surface area is 130 Å². The summed E-state index contributed by atoms with van der Waals surface area (Å²) in [6.07, 6.45) is 0.191. The number of hydrogen-bond acceptors (Lipinski definition) is 4. The third-order valence-electron chi connectivity index (χ3n) is 3.12. The first-order chi connectivity index (χ1) is 10.2. The van der Waals surface area contributed by atoms with E-state index < -0.39 is 0 Å². The van der Waals surface area contributed by atoms with Gasteiger partial charge in [0.15, 0.2) is 0 Å². The highest BCUT2D eigenvalue weighted by Gasteiger charge is 2.28. The van der Waals surface area contributed by atoms with Crippen molar-refractivity contribution in [3.63, 3.8) is 0 Å². The van der Waals surface area contributed by atoms with Crippen molar-refractivity contribution in [1.82, 2.24) is 5.32 Å². The highest BCUT2D eigenvalue weighted by Crippen LogP contribution is 2.36. The van der Waals surface area contributed by atoms with Gasteiger partial charge in [0.2, 0.25) is 11.8 Å². The van der Waals surface area contributed by atoms with Gasteiger partial charge < -0.3 is 10.6 Å². The van der Waals surface area contributed by atoms with E-state index in [0.717, 1.165) is 15.5 Å². The van der Waals surface area contributed by atoms with Crippen LogP contribution < -0.4 is 10.6 Å². The van der Waals surface area contributed by atoms with Crippen molar-refractivity contribution in [2.75, 3.05) is 5.32 Å². The Morgan fingerprint density at radius 3 is 2.90 bits per heavy atom. The number of benzene rings is 1. The van der Waals surface area contributed by atoms with Gasteiger partial charge in [-0.05, 0) is 23.6 Å². The average Bonchev–Trinajstić information content (AvgIpc) is 2.99. The Morgan fingerprint density at radius 1 is 1.24 bits per heavy atom. The number of carbonyl (C=O) groups is 2. The molecule has 108 valence electrons. The fourth-order valence-corrected chi connectivity index (χ4v) is 3.82. The fraction of sp³-hybridized carbons (Fsp3) is 0.200. The summed E-state index contributed by atoms with van der Waals surface area (Å²) in [7, 11) is 0. The van der Waals surface area contributed by atoms with Gasteiger partial charge in [-0.3, -0.25) is 9.59 Å². The third kappa shape index (κ3) is 3.46. The Bertz CT molecular complexity index is 655. The molecule has 0 aliphatic carbocycles. The van der Waals surface area contributed by atoms with Crippen molar-refractivity contribution >= 4 is 40.6 Å². The molecule has 0 bridgehead atoms. The lowest BCUT2D eigenvalue weighted by atomic mass is 10.2. The minimum absolute atomic E-state index is 0.101. The van der Waals surface area contributed by atoms with E-state index in [0.29, 0.717) is 6.54 Å². The van der Waals surface area contributed by atoms with Gasteiger partial charge in [-0.25, -0.2) is 0 Å². The van der Waals surface area contributed by atoms with Gasteiger partial charge in [0.1, 0.15) is 0 Å². The van der Waals surface area contributed by atoms with Crippen molar-refractivity contribution < 1.29 is 9.59 Å². The van der Waals surface area contributed by atoms with Crippen molar-refractivity contribution in [1.29, 1.82) is 0 Å². The van der Waals surface area contributed by atoms with Crippen LogP contribution in [0.15, 0.2) is 46.7 Å². The lowest BCUT2D eigenvalue weighted by molar-refractivity contribution is -0.124. The highest BCUT2D eigenvalue weighted by molar-refractivity contribution is 8.01. The maximum Gasteiger partial charge on any atom is 0.238 e. The summed E-state index contributed by atoms with van der Waals surface area (Å²) in [6, 6.07) is 11.6. The van der Waals surface area contributed by atoms with Gasteiger partial charge >= 0.3 is 0 Å². The van der Waals surface area contributed by atoms with Crippen LogP contribution in [-0.4, -0.2) is 17.1 Å². The van der Waals surface area contributed by atoms with Crippen LogP contribution in [0.3, 0.4) is 0 Å². The zero-order chi connectivity index (χ0) is 14.7. The number of carbonyl (C=O) groups excluding carboxylic acids is 2. The highest BCUT2D eigenvalue weighted by atomic mass is 32.2. The first kappa shape index (κ1) is 14.2. The molecule has 2 N–H and O–H groups in total. The summed E-state index contributed by atoms with van der Waals surface area (Å²) in [4.78, 5) is 26.1. The molecule has 0 saturated heterocycles. The van der Waals surface area contributed by atoms with E-state index in [2.05, 4.69) is 10.6 Å². The Hall–Kier alpha value is -1.79. The van der Waals surface area contributed by atoms with Crippen LogP contribution >= 0.6 is 23.1 Å². The molecule has 0 radical (unpaired) electrons. The Morgan fingerprint density at radius 2 is 2.10 bits per heavy atom. The molecule has 21 heavy (non-hydrogen) atoms. The molecule has 1 atom stereocenters. The van der Waals surface area contributed by atoms with E-state index in [9.17, 15) is 9.59 Å². The second kappa shape index (κ2) is 6.32. The molecule has 0 fully saturated rings. The predicted octanol–water partition coefficient (Wildman–Crippen LogP) is 2.87. The standard InChI is InChI=1S/C15H14N2O2S2/c18-14(16-9-10-4-3-7-20-10)8-13-15(19)17-11-5-1-2-6-12(11)21-13/h1-7,13H,8-9H2,(H,16,18)(H,17,19). The molecular formula is C15H14N2O2S2. The number of anilines is 1. The van der Waals surface area contributed by atoms with Crippen LogP contribution in [0.25, 0.3) is 0 Å². The molecule has 1 aliphatic rings. The maximum atomic E-state index is 12.0. The van der Waals surface area contributed by atoms with Crippen LogP contribution in [0, 0.1) is 0 Å². The smallest absolute Gasteiger partial charge is 0.238 e. The van der Waals surface area contributed by atoms with Gasteiger partial charge in [0.25, 0.3) is 0 Å². The minimum Gasteiger partial charge on any atom is -0.351 e. The summed E-state index contributed by atoms with van der Waals surface area (Å²) in [6.45, 7) is 0.520. The molecule has 0 spiro atoms. The Balaban J connectivity index is 1.57. The first-order valence-corrected chi connectivity index (χ1v) is 8.34. The largest absolute Gasteiger partial charge is 0.351 e. The molecular weight excluding hydrogens is 304 g/mol. The number of nitrogens with one attached hydrogen (secondary N) is 2. The van der Waals surface area contributed by atoms with Gasteiger partial charge in [0, 0.05) is 16.2 Å². The van der Waals surface area contributed by atoms with Crippen molar-refractivity contribution in [2.45, 2.75) is 23.1 Å². The zero-order valence-electron chi connectivity index (χ0n) is 11.2. The second-order valence-corrected chi connectivity index (χ2v) is 6.93. The van der Waals surface area contributed by atoms with Crippen LogP contribution in [0.4, 0.5) is 5.69 Å². The van der Waals surface area contributed by atoms with E-state index >= 15 is 0 Å². The van der Waals surface area contributed by atoms with Crippen molar-refractivity contribution in [3.05, 3.63) is 46.7 Å². The number of fused-ring (bicyclic) bond motifs is 1. The number of thioether (sulfide) groups is 1. The molecule has 1 aliphatic heterocycles. The maximum absolute atomic E-state index is 12.0. The number of rotatable bonds is 4. The summed E-state index contributed by atoms with van der Waals surface area (Å²) >= 11 is 3.05. The lowest BCUT2D eigenvalue weighted by Crippen LogP contribution is -2.34. The molecule has 2 aromatic rings. The summed E-state index contributed by atoms with van der Waals surface area (Å²) in [5.74, 6) is -0.208. The van der Waals surface area contributed by atoms with E-state index in [1.165, 1.54) is 11.8 Å². The van der Waals surface area contributed by atoms with Crippen LogP contribution in [-0.2, 0) is 16.1 Å². The van der Waals surface area contributed by atoms with E-state index in [1.54, 1.807) is 11.3 Å². The molecule has 4 nitrogen and oxygen atoms in total. The van der Waals surface area contributed by atoms with E-state index in [1.807, 2.05) is 41.8 Å². The average molecular weight is 318 g/mol. The van der Waals surface area contributed by atoms with Crippen LogP contribution in [0.1, 0.15) is 11.3 Å². The SMILES string of the molecule is O=C(CC1Sc2ccccc2NC1=O)NCc1cccs1. The normalized spacial score (nSPS) is 17.0. The molecule has 1 aromatic heterocycles. The fourth-order valence-electron chi connectivity index (χ4n) is 2.07. The van der Waals surface area contributed by atoms with Gasteiger partial charge in [-0.1, -0.05) is 18.2 Å². The number of thiophene rings is 1. The molecule has 1 aromatic carbocycles. The third-order valence-corrected chi connectivity index (χ3v) is 5.27. The monoisotopic (exact) mass is 318 g/mol. The molecule has 0 saturated carbocycles. The molecule has 3 rings (SSSR count). The summed E-state index contributed by atoms with van der Waals surface area (Å²) in [5, 5.41) is 7.31. The molecule has 1 unspecified atom stereocenters. The molecule has 2 amide bonds. The number of hydrogen-bond donors (Lipinski definition) is 2. The predicted molar refractivity (Wildman–Crippen MR) is 85.5 cm³/mol.